The highest BCUT2D eigenvalue weighted by Crippen LogP contribution is 2.18. The Labute approximate surface area is 101 Å². The van der Waals surface area contributed by atoms with Crippen LogP contribution in [0.4, 0.5) is 5.82 Å². The first-order chi connectivity index (χ1) is 7.24. The van der Waals surface area contributed by atoms with Crippen LogP contribution in [0, 0.1) is 3.57 Å². The van der Waals surface area contributed by atoms with Crippen molar-refractivity contribution in [2.75, 3.05) is 5.73 Å². The number of rotatable bonds is 2. The second-order valence-electron chi connectivity index (χ2n) is 2.82. The van der Waals surface area contributed by atoms with E-state index in [4.69, 9.17) is 10.5 Å². The van der Waals surface area contributed by atoms with E-state index >= 15 is 0 Å². The number of nitrogens with zero attached hydrogens (tertiary/aromatic N) is 2. The summed E-state index contributed by atoms with van der Waals surface area (Å²) in [5, 5.41) is 0. The molecule has 1 aromatic carbocycles. The third-order valence-electron chi connectivity index (χ3n) is 1.68. The van der Waals surface area contributed by atoms with E-state index in [1.54, 1.807) is 12.3 Å². The van der Waals surface area contributed by atoms with Crippen molar-refractivity contribution in [3.05, 3.63) is 40.1 Å². The summed E-state index contributed by atoms with van der Waals surface area (Å²) >= 11 is 2.23. The van der Waals surface area contributed by atoms with Crippen LogP contribution in [0.2, 0.25) is 0 Å². The Balaban J connectivity index is 2.18. The van der Waals surface area contributed by atoms with Gasteiger partial charge in [-0.15, -0.1) is 0 Å². The molecule has 76 valence electrons. The molecule has 2 N–H and O–H groups in total. The third kappa shape index (κ3) is 2.79. The standard InChI is InChI=1S/C10H8IN3O/c11-7-1-3-8(4-2-7)15-10-13-6-5-9(12)14-10/h1-6H,(H2,12,13,14). The molecule has 0 saturated carbocycles. The maximum atomic E-state index is 5.50. The summed E-state index contributed by atoms with van der Waals surface area (Å²) in [5.41, 5.74) is 5.50. The largest absolute Gasteiger partial charge is 0.424 e. The second kappa shape index (κ2) is 4.43. The lowest BCUT2D eigenvalue weighted by molar-refractivity contribution is 0.442. The molecule has 0 unspecified atom stereocenters. The van der Waals surface area contributed by atoms with Gasteiger partial charge in [0.05, 0.1) is 0 Å². The minimum atomic E-state index is 0.260. The number of aromatic nitrogens is 2. The topological polar surface area (TPSA) is 61.0 Å². The molecule has 2 aromatic rings. The predicted octanol–water partition coefficient (Wildman–Crippen LogP) is 2.46. The number of benzene rings is 1. The molecule has 0 fully saturated rings. The maximum absolute atomic E-state index is 5.50. The molecule has 0 spiro atoms. The summed E-state index contributed by atoms with van der Waals surface area (Å²) in [5.74, 6) is 1.09. The highest BCUT2D eigenvalue weighted by molar-refractivity contribution is 14.1. The molecule has 0 atom stereocenters. The molecule has 0 saturated heterocycles. The average Bonchev–Trinajstić information content (AvgIpc) is 2.22. The molecule has 0 radical (unpaired) electrons. The van der Waals surface area contributed by atoms with E-state index in [1.165, 1.54) is 0 Å². The van der Waals surface area contributed by atoms with Crippen molar-refractivity contribution in [3.63, 3.8) is 0 Å². The fraction of sp³-hybridized carbons (Fsp3) is 0. The molecular formula is C10H8IN3O. The van der Waals surface area contributed by atoms with Gasteiger partial charge in [-0.25, -0.2) is 4.98 Å². The molecule has 1 heterocycles. The lowest BCUT2D eigenvalue weighted by Crippen LogP contribution is -1.95. The van der Waals surface area contributed by atoms with Crippen molar-refractivity contribution in [2.45, 2.75) is 0 Å². The number of nitrogens with two attached hydrogens (primary N) is 1. The van der Waals surface area contributed by atoms with Gasteiger partial charge in [0, 0.05) is 9.77 Å². The van der Waals surface area contributed by atoms with Crippen LogP contribution in [0.25, 0.3) is 0 Å². The van der Waals surface area contributed by atoms with Crippen molar-refractivity contribution in [1.29, 1.82) is 0 Å². The molecule has 0 aliphatic rings. The highest BCUT2D eigenvalue weighted by atomic mass is 127. The van der Waals surface area contributed by atoms with Crippen molar-refractivity contribution in [2.24, 2.45) is 0 Å². The fourth-order valence-electron chi connectivity index (χ4n) is 1.01. The molecule has 0 aliphatic carbocycles. The monoisotopic (exact) mass is 313 g/mol. The van der Waals surface area contributed by atoms with Crippen LogP contribution < -0.4 is 10.5 Å². The molecule has 5 heteroatoms. The smallest absolute Gasteiger partial charge is 0.323 e. The molecular weight excluding hydrogens is 305 g/mol. The summed E-state index contributed by atoms with van der Waals surface area (Å²) in [6.07, 6.45) is 1.56. The van der Waals surface area contributed by atoms with Crippen molar-refractivity contribution in [3.8, 4) is 11.8 Å². The Bertz CT molecular complexity index is 458. The molecule has 2 rings (SSSR count). The van der Waals surface area contributed by atoms with E-state index in [1.807, 2.05) is 24.3 Å². The van der Waals surface area contributed by atoms with Gasteiger partial charge < -0.3 is 10.5 Å². The number of hydrogen-bond donors (Lipinski definition) is 1. The van der Waals surface area contributed by atoms with Gasteiger partial charge in [-0.3, -0.25) is 0 Å². The summed E-state index contributed by atoms with van der Waals surface area (Å²) < 4.78 is 6.56. The maximum Gasteiger partial charge on any atom is 0.323 e. The van der Waals surface area contributed by atoms with Crippen LogP contribution in [-0.2, 0) is 0 Å². The fourth-order valence-corrected chi connectivity index (χ4v) is 1.37. The zero-order valence-corrected chi connectivity index (χ0v) is 9.88. The lowest BCUT2D eigenvalue weighted by atomic mass is 10.3. The van der Waals surface area contributed by atoms with Crippen LogP contribution in [0.15, 0.2) is 36.5 Å². The van der Waals surface area contributed by atoms with Gasteiger partial charge in [-0.1, -0.05) is 0 Å². The number of ether oxygens (including phenoxy) is 1. The minimum Gasteiger partial charge on any atom is -0.424 e. The lowest BCUT2D eigenvalue weighted by Gasteiger charge is -2.03. The molecule has 4 nitrogen and oxygen atoms in total. The van der Waals surface area contributed by atoms with Crippen LogP contribution in [0.3, 0.4) is 0 Å². The number of anilines is 1. The molecule has 15 heavy (non-hydrogen) atoms. The molecule has 0 bridgehead atoms. The van der Waals surface area contributed by atoms with Gasteiger partial charge in [-0.05, 0) is 52.9 Å². The second-order valence-corrected chi connectivity index (χ2v) is 4.07. The van der Waals surface area contributed by atoms with E-state index in [2.05, 4.69) is 32.6 Å². The van der Waals surface area contributed by atoms with E-state index in [0.29, 0.717) is 11.6 Å². The Morgan fingerprint density at radius 1 is 1.13 bits per heavy atom. The first-order valence-corrected chi connectivity index (χ1v) is 5.34. The van der Waals surface area contributed by atoms with Crippen LogP contribution in [0.1, 0.15) is 0 Å². The summed E-state index contributed by atoms with van der Waals surface area (Å²) in [7, 11) is 0. The van der Waals surface area contributed by atoms with Gasteiger partial charge in [0.1, 0.15) is 11.6 Å². The van der Waals surface area contributed by atoms with Crippen molar-refractivity contribution < 1.29 is 4.74 Å². The summed E-state index contributed by atoms with van der Waals surface area (Å²) in [6, 6.07) is 9.48. The van der Waals surface area contributed by atoms with Crippen LogP contribution in [0.5, 0.6) is 11.8 Å². The summed E-state index contributed by atoms with van der Waals surface area (Å²) in [6.45, 7) is 0. The van der Waals surface area contributed by atoms with Gasteiger partial charge in [0.2, 0.25) is 0 Å². The Hall–Kier alpha value is -1.37. The quantitative estimate of drug-likeness (QED) is 0.865. The van der Waals surface area contributed by atoms with E-state index in [-0.39, 0.29) is 6.01 Å². The third-order valence-corrected chi connectivity index (χ3v) is 2.40. The molecule has 0 aliphatic heterocycles. The van der Waals surface area contributed by atoms with E-state index in [0.717, 1.165) is 3.57 Å². The number of nitrogen functional groups attached to an aromatic ring is 1. The first kappa shape index (κ1) is 10.2. The predicted molar refractivity (Wildman–Crippen MR) is 65.7 cm³/mol. The Morgan fingerprint density at radius 2 is 1.87 bits per heavy atom. The number of hydrogen-bond acceptors (Lipinski definition) is 4. The van der Waals surface area contributed by atoms with Gasteiger partial charge in [-0.2, -0.15) is 4.98 Å². The first-order valence-electron chi connectivity index (χ1n) is 4.26. The number of halogens is 1. The van der Waals surface area contributed by atoms with Crippen LogP contribution in [-0.4, -0.2) is 9.97 Å². The van der Waals surface area contributed by atoms with Gasteiger partial charge in [0.15, 0.2) is 0 Å². The zero-order valence-electron chi connectivity index (χ0n) is 7.72. The Kier molecular flexibility index (Phi) is 3.00. The minimum absolute atomic E-state index is 0.260. The van der Waals surface area contributed by atoms with Crippen molar-refractivity contribution in [1.82, 2.24) is 9.97 Å². The molecule has 1 aromatic heterocycles. The van der Waals surface area contributed by atoms with Gasteiger partial charge >= 0.3 is 6.01 Å². The zero-order chi connectivity index (χ0) is 10.7. The SMILES string of the molecule is Nc1ccnc(Oc2ccc(I)cc2)n1. The average molecular weight is 313 g/mol. The normalized spacial score (nSPS) is 9.93. The van der Waals surface area contributed by atoms with E-state index < -0.39 is 0 Å². The van der Waals surface area contributed by atoms with Crippen molar-refractivity contribution >= 4 is 28.4 Å². The summed E-state index contributed by atoms with van der Waals surface area (Å²) in [4.78, 5) is 7.88. The van der Waals surface area contributed by atoms with Gasteiger partial charge in [0.25, 0.3) is 0 Å². The van der Waals surface area contributed by atoms with Crippen LogP contribution >= 0.6 is 22.6 Å². The Morgan fingerprint density at radius 3 is 2.53 bits per heavy atom. The van der Waals surface area contributed by atoms with E-state index in [9.17, 15) is 0 Å². The highest BCUT2D eigenvalue weighted by Gasteiger charge is 1.99. The molecule has 0 amide bonds.